The van der Waals surface area contributed by atoms with Crippen molar-refractivity contribution in [1.29, 1.82) is 0 Å². The van der Waals surface area contributed by atoms with Gasteiger partial charge in [0, 0.05) is 12.6 Å². The minimum atomic E-state index is -1.34. The van der Waals surface area contributed by atoms with E-state index >= 15 is 0 Å². The molecule has 0 saturated carbocycles. The van der Waals surface area contributed by atoms with E-state index in [1.54, 1.807) is 42.6 Å². The zero-order valence-electron chi connectivity index (χ0n) is 16.2. The van der Waals surface area contributed by atoms with Gasteiger partial charge in [-0.25, -0.2) is 9.78 Å². The standard InChI is InChI=1S/C20H23BrN4O5/c1-12(26)16(25-20(29)30-11-13-6-3-2-4-7-13)19(28)24-15(18(22)27)10-14-8-5-9-23-17(14)21/h2-9,12,15-16,26H,10-11H2,1H3,(H2,22,27)(H,24,28)(H,25,29)/t12-,15-,16+/m1/s1. The van der Waals surface area contributed by atoms with Crippen LogP contribution in [0.3, 0.4) is 0 Å². The Bertz CT molecular complexity index is 879. The Labute approximate surface area is 182 Å². The highest BCUT2D eigenvalue weighted by molar-refractivity contribution is 9.10. The lowest BCUT2D eigenvalue weighted by Gasteiger charge is -2.23. The molecule has 0 aliphatic rings. The summed E-state index contributed by atoms with van der Waals surface area (Å²) in [6.45, 7) is 1.33. The van der Waals surface area contributed by atoms with Crippen LogP contribution < -0.4 is 16.4 Å². The number of nitrogens with zero attached hydrogens (tertiary/aromatic N) is 1. The summed E-state index contributed by atoms with van der Waals surface area (Å²) in [5.74, 6) is -1.54. The number of amides is 3. The van der Waals surface area contributed by atoms with Gasteiger partial charge in [0.2, 0.25) is 11.8 Å². The minimum Gasteiger partial charge on any atom is -0.445 e. The maximum absolute atomic E-state index is 12.6. The summed E-state index contributed by atoms with van der Waals surface area (Å²) in [4.78, 5) is 40.5. The van der Waals surface area contributed by atoms with Crippen LogP contribution in [0.4, 0.5) is 4.79 Å². The van der Waals surface area contributed by atoms with Gasteiger partial charge in [-0.15, -0.1) is 0 Å². The van der Waals surface area contributed by atoms with Crippen molar-refractivity contribution in [1.82, 2.24) is 15.6 Å². The van der Waals surface area contributed by atoms with E-state index in [-0.39, 0.29) is 13.0 Å². The molecule has 3 amide bonds. The second-order valence-corrected chi connectivity index (χ2v) is 7.30. The second kappa shape index (κ2) is 11.3. The SMILES string of the molecule is C[C@@H](O)[C@H](NC(=O)OCc1ccccc1)C(=O)N[C@H](Cc1cccnc1Br)C(N)=O. The lowest BCUT2D eigenvalue weighted by Crippen LogP contribution is -2.57. The maximum Gasteiger partial charge on any atom is 0.408 e. The average molecular weight is 479 g/mol. The normalized spacial score (nSPS) is 13.6. The first-order chi connectivity index (χ1) is 14.3. The number of aliphatic hydroxyl groups is 1. The molecule has 10 heteroatoms. The molecule has 0 aliphatic carbocycles. The van der Waals surface area contributed by atoms with Crippen molar-refractivity contribution in [2.24, 2.45) is 5.73 Å². The number of halogens is 1. The molecule has 2 aromatic rings. The highest BCUT2D eigenvalue weighted by Crippen LogP contribution is 2.14. The third-order valence-corrected chi connectivity index (χ3v) is 4.89. The number of alkyl carbamates (subject to hydrolysis) is 1. The van der Waals surface area contributed by atoms with Crippen LogP contribution in [-0.2, 0) is 27.4 Å². The number of hydrogen-bond donors (Lipinski definition) is 4. The summed E-state index contributed by atoms with van der Waals surface area (Å²) in [5, 5.41) is 14.7. The van der Waals surface area contributed by atoms with Crippen molar-refractivity contribution in [3.63, 3.8) is 0 Å². The van der Waals surface area contributed by atoms with Gasteiger partial charge in [-0.05, 0) is 40.0 Å². The first-order valence-electron chi connectivity index (χ1n) is 9.12. The van der Waals surface area contributed by atoms with Crippen LogP contribution in [0.2, 0.25) is 0 Å². The second-order valence-electron chi connectivity index (χ2n) is 6.55. The van der Waals surface area contributed by atoms with E-state index in [2.05, 4.69) is 31.5 Å². The van der Waals surface area contributed by atoms with Gasteiger partial charge in [0.05, 0.1) is 6.10 Å². The Hall–Kier alpha value is -2.98. The van der Waals surface area contributed by atoms with Crippen molar-refractivity contribution >= 4 is 33.8 Å². The van der Waals surface area contributed by atoms with Crippen LogP contribution in [0, 0.1) is 0 Å². The molecule has 2 rings (SSSR count). The summed E-state index contributed by atoms with van der Waals surface area (Å²) in [6.07, 6.45) is -0.473. The molecule has 1 aromatic heterocycles. The third-order valence-electron chi connectivity index (χ3n) is 4.17. The largest absolute Gasteiger partial charge is 0.445 e. The third kappa shape index (κ3) is 7.12. The monoisotopic (exact) mass is 478 g/mol. The molecule has 0 aliphatic heterocycles. The number of benzene rings is 1. The topological polar surface area (TPSA) is 144 Å². The molecule has 1 heterocycles. The van der Waals surface area contributed by atoms with Crippen molar-refractivity contribution < 1.29 is 24.2 Å². The highest BCUT2D eigenvalue weighted by atomic mass is 79.9. The van der Waals surface area contributed by atoms with Gasteiger partial charge in [0.1, 0.15) is 23.3 Å². The summed E-state index contributed by atoms with van der Waals surface area (Å²) < 4.78 is 5.59. The molecule has 160 valence electrons. The quantitative estimate of drug-likeness (QED) is 0.396. The fourth-order valence-corrected chi connectivity index (χ4v) is 2.98. The Balaban J connectivity index is 1.99. The van der Waals surface area contributed by atoms with Crippen LogP contribution in [0.1, 0.15) is 18.1 Å². The number of rotatable bonds is 9. The first-order valence-corrected chi connectivity index (χ1v) is 9.91. The number of aliphatic hydroxyl groups excluding tert-OH is 1. The smallest absolute Gasteiger partial charge is 0.408 e. The van der Waals surface area contributed by atoms with Gasteiger partial charge in [-0.3, -0.25) is 9.59 Å². The molecule has 0 unspecified atom stereocenters. The molecular weight excluding hydrogens is 456 g/mol. The molecule has 30 heavy (non-hydrogen) atoms. The number of carbonyl (C=O) groups excluding carboxylic acids is 3. The van der Waals surface area contributed by atoms with Gasteiger partial charge >= 0.3 is 6.09 Å². The van der Waals surface area contributed by atoms with Crippen molar-refractivity contribution in [2.75, 3.05) is 0 Å². The number of aromatic nitrogens is 1. The first kappa shape index (κ1) is 23.3. The molecule has 3 atom stereocenters. The number of hydrogen-bond acceptors (Lipinski definition) is 6. The molecule has 0 fully saturated rings. The number of nitrogens with two attached hydrogens (primary N) is 1. The zero-order chi connectivity index (χ0) is 22.1. The number of carbonyl (C=O) groups is 3. The highest BCUT2D eigenvalue weighted by Gasteiger charge is 2.30. The summed E-state index contributed by atoms with van der Waals surface area (Å²) in [7, 11) is 0. The summed E-state index contributed by atoms with van der Waals surface area (Å²) in [6, 6.07) is 9.99. The van der Waals surface area contributed by atoms with E-state index in [0.717, 1.165) is 5.56 Å². The molecule has 9 nitrogen and oxygen atoms in total. The van der Waals surface area contributed by atoms with Crippen LogP contribution >= 0.6 is 15.9 Å². The molecule has 0 bridgehead atoms. The average Bonchev–Trinajstić information content (AvgIpc) is 2.71. The van der Waals surface area contributed by atoms with Crippen LogP contribution in [-0.4, -0.2) is 46.2 Å². The number of ether oxygens (including phenoxy) is 1. The lowest BCUT2D eigenvalue weighted by molar-refractivity contribution is -0.130. The number of pyridine rings is 1. The van der Waals surface area contributed by atoms with E-state index in [1.807, 2.05) is 6.07 Å². The van der Waals surface area contributed by atoms with E-state index < -0.39 is 36.1 Å². The fraction of sp³-hybridized carbons (Fsp3) is 0.300. The molecular formula is C20H23BrN4O5. The van der Waals surface area contributed by atoms with Gasteiger partial charge in [-0.2, -0.15) is 0 Å². The molecule has 0 saturated heterocycles. The molecule has 0 radical (unpaired) electrons. The van der Waals surface area contributed by atoms with Crippen molar-refractivity contribution in [3.05, 3.63) is 64.4 Å². The van der Waals surface area contributed by atoms with Crippen LogP contribution in [0.25, 0.3) is 0 Å². The van der Waals surface area contributed by atoms with Crippen molar-refractivity contribution in [3.8, 4) is 0 Å². The molecule has 0 spiro atoms. The van der Waals surface area contributed by atoms with Crippen molar-refractivity contribution in [2.45, 2.75) is 38.1 Å². The Morgan fingerprint density at radius 1 is 1.17 bits per heavy atom. The van der Waals surface area contributed by atoms with E-state index in [4.69, 9.17) is 10.5 Å². The van der Waals surface area contributed by atoms with Gasteiger partial charge in [0.25, 0.3) is 0 Å². The van der Waals surface area contributed by atoms with Crippen LogP contribution in [0.15, 0.2) is 53.3 Å². The number of primary amides is 1. The maximum atomic E-state index is 12.6. The zero-order valence-corrected chi connectivity index (χ0v) is 17.8. The molecule has 5 N–H and O–H groups in total. The van der Waals surface area contributed by atoms with Gasteiger partial charge < -0.3 is 26.2 Å². The van der Waals surface area contributed by atoms with E-state index in [9.17, 15) is 19.5 Å². The van der Waals surface area contributed by atoms with E-state index in [1.165, 1.54) is 6.92 Å². The fourth-order valence-electron chi connectivity index (χ4n) is 2.57. The molecule has 1 aromatic carbocycles. The van der Waals surface area contributed by atoms with Crippen LogP contribution in [0.5, 0.6) is 0 Å². The Kier molecular flexibility index (Phi) is 8.75. The predicted octanol–water partition coefficient (Wildman–Crippen LogP) is 1.03. The summed E-state index contributed by atoms with van der Waals surface area (Å²) in [5.41, 5.74) is 6.83. The van der Waals surface area contributed by atoms with Gasteiger partial charge in [-0.1, -0.05) is 36.4 Å². The van der Waals surface area contributed by atoms with E-state index in [0.29, 0.717) is 10.2 Å². The minimum absolute atomic E-state index is 0.000231. The predicted molar refractivity (Wildman–Crippen MR) is 112 cm³/mol. The number of nitrogens with one attached hydrogen (secondary N) is 2. The lowest BCUT2D eigenvalue weighted by atomic mass is 10.1. The Morgan fingerprint density at radius 3 is 2.47 bits per heavy atom. The Morgan fingerprint density at radius 2 is 1.87 bits per heavy atom. The van der Waals surface area contributed by atoms with Gasteiger partial charge in [0.15, 0.2) is 0 Å². The summed E-state index contributed by atoms with van der Waals surface area (Å²) >= 11 is 3.27.